The van der Waals surface area contributed by atoms with Crippen LogP contribution in [0.1, 0.15) is 12.5 Å². The molecule has 3 heteroatoms. The van der Waals surface area contributed by atoms with Gasteiger partial charge >= 0.3 is 0 Å². The Morgan fingerprint density at radius 1 is 1.23 bits per heavy atom. The van der Waals surface area contributed by atoms with E-state index in [1.54, 1.807) is 14.2 Å². The Labute approximate surface area is 78.5 Å². The van der Waals surface area contributed by atoms with Crippen LogP contribution in [0.4, 0.5) is 5.69 Å². The van der Waals surface area contributed by atoms with Crippen molar-refractivity contribution in [3.63, 3.8) is 0 Å². The fourth-order valence-corrected chi connectivity index (χ4v) is 1.37. The van der Waals surface area contributed by atoms with Crippen LogP contribution >= 0.6 is 0 Å². The van der Waals surface area contributed by atoms with Crippen LogP contribution in [-0.2, 0) is 6.42 Å². The first-order valence-electron chi connectivity index (χ1n) is 4.23. The molecule has 0 radical (unpaired) electrons. The van der Waals surface area contributed by atoms with Gasteiger partial charge in [0, 0.05) is 11.3 Å². The van der Waals surface area contributed by atoms with Gasteiger partial charge < -0.3 is 15.2 Å². The molecule has 0 aliphatic carbocycles. The highest BCUT2D eigenvalue weighted by molar-refractivity contribution is 5.60. The van der Waals surface area contributed by atoms with Crippen LogP contribution in [0.25, 0.3) is 0 Å². The van der Waals surface area contributed by atoms with E-state index in [1.807, 2.05) is 19.1 Å². The predicted molar refractivity (Wildman–Crippen MR) is 53.3 cm³/mol. The zero-order chi connectivity index (χ0) is 9.84. The Morgan fingerprint density at radius 2 is 1.92 bits per heavy atom. The third-order valence-electron chi connectivity index (χ3n) is 2.04. The SMILES string of the molecule is CCc1c(N)ccc(OC)c1OC. The molecule has 0 fully saturated rings. The molecule has 1 aromatic rings. The summed E-state index contributed by atoms with van der Waals surface area (Å²) in [5.74, 6) is 1.47. The Kier molecular flexibility index (Phi) is 3.01. The molecule has 3 nitrogen and oxygen atoms in total. The highest BCUT2D eigenvalue weighted by atomic mass is 16.5. The summed E-state index contributed by atoms with van der Waals surface area (Å²) < 4.78 is 10.4. The first kappa shape index (κ1) is 9.71. The Hall–Kier alpha value is -1.38. The number of ether oxygens (including phenoxy) is 2. The molecule has 0 aromatic heterocycles. The molecule has 2 N–H and O–H groups in total. The summed E-state index contributed by atoms with van der Waals surface area (Å²) in [5, 5.41) is 0. The minimum Gasteiger partial charge on any atom is -0.493 e. The molecule has 0 amide bonds. The van der Waals surface area contributed by atoms with Crippen molar-refractivity contribution in [2.75, 3.05) is 20.0 Å². The van der Waals surface area contributed by atoms with Crippen molar-refractivity contribution in [2.24, 2.45) is 0 Å². The van der Waals surface area contributed by atoms with Crippen LogP contribution in [-0.4, -0.2) is 14.2 Å². The number of nitrogen functional groups attached to an aromatic ring is 1. The molecule has 0 saturated heterocycles. The van der Waals surface area contributed by atoms with E-state index in [4.69, 9.17) is 15.2 Å². The van der Waals surface area contributed by atoms with Gasteiger partial charge in [-0.25, -0.2) is 0 Å². The van der Waals surface area contributed by atoms with E-state index in [1.165, 1.54) is 0 Å². The summed E-state index contributed by atoms with van der Waals surface area (Å²) in [5.41, 5.74) is 7.55. The van der Waals surface area contributed by atoms with E-state index in [0.717, 1.165) is 29.2 Å². The number of benzene rings is 1. The second-order valence-electron chi connectivity index (χ2n) is 2.72. The molecule has 0 saturated carbocycles. The van der Waals surface area contributed by atoms with E-state index < -0.39 is 0 Å². The van der Waals surface area contributed by atoms with Crippen LogP contribution in [0.2, 0.25) is 0 Å². The van der Waals surface area contributed by atoms with Crippen molar-refractivity contribution in [3.8, 4) is 11.5 Å². The van der Waals surface area contributed by atoms with Gasteiger partial charge in [-0.15, -0.1) is 0 Å². The smallest absolute Gasteiger partial charge is 0.165 e. The maximum Gasteiger partial charge on any atom is 0.165 e. The molecule has 1 aromatic carbocycles. The summed E-state index contributed by atoms with van der Waals surface area (Å²) in [6, 6.07) is 3.65. The normalized spacial score (nSPS) is 9.77. The fraction of sp³-hybridized carbons (Fsp3) is 0.400. The Bertz CT molecular complexity index is 297. The van der Waals surface area contributed by atoms with Gasteiger partial charge in [0.2, 0.25) is 0 Å². The second-order valence-corrected chi connectivity index (χ2v) is 2.72. The second kappa shape index (κ2) is 4.03. The number of methoxy groups -OCH3 is 2. The molecule has 0 bridgehead atoms. The minimum atomic E-state index is 0.730. The van der Waals surface area contributed by atoms with Crippen molar-refractivity contribution in [1.82, 2.24) is 0 Å². The molecule has 0 heterocycles. The van der Waals surface area contributed by atoms with E-state index in [0.29, 0.717) is 0 Å². The van der Waals surface area contributed by atoms with E-state index in [2.05, 4.69) is 0 Å². The van der Waals surface area contributed by atoms with E-state index in [-0.39, 0.29) is 0 Å². The largest absolute Gasteiger partial charge is 0.493 e. The van der Waals surface area contributed by atoms with Crippen LogP contribution in [0.15, 0.2) is 12.1 Å². The molecule has 0 aliphatic heterocycles. The van der Waals surface area contributed by atoms with Crippen LogP contribution in [0.3, 0.4) is 0 Å². The average Bonchev–Trinajstić information content (AvgIpc) is 2.17. The maximum absolute atomic E-state index is 5.80. The number of nitrogens with two attached hydrogens (primary N) is 1. The third kappa shape index (κ3) is 1.69. The van der Waals surface area contributed by atoms with E-state index in [9.17, 15) is 0 Å². The highest BCUT2D eigenvalue weighted by Gasteiger charge is 2.10. The van der Waals surface area contributed by atoms with Crippen molar-refractivity contribution < 1.29 is 9.47 Å². The van der Waals surface area contributed by atoms with Gasteiger partial charge in [-0.1, -0.05) is 6.92 Å². The molecule has 0 atom stereocenters. The summed E-state index contributed by atoms with van der Waals surface area (Å²) in [6.45, 7) is 2.04. The quantitative estimate of drug-likeness (QED) is 0.724. The lowest BCUT2D eigenvalue weighted by molar-refractivity contribution is 0.352. The summed E-state index contributed by atoms with van der Waals surface area (Å²) >= 11 is 0. The molecule has 13 heavy (non-hydrogen) atoms. The van der Waals surface area contributed by atoms with Crippen LogP contribution in [0.5, 0.6) is 11.5 Å². The van der Waals surface area contributed by atoms with Crippen molar-refractivity contribution >= 4 is 5.69 Å². The maximum atomic E-state index is 5.80. The van der Waals surface area contributed by atoms with Gasteiger partial charge in [0.1, 0.15) is 0 Å². The van der Waals surface area contributed by atoms with Gasteiger partial charge in [-0.2, -0.15) is 0 Å². The molecule has 0 unspecified atom stereocenters. The summed E-state index contributed by atoms with van der Waals surface area (Å²) in [4.78, 5) is 0. The van der Waals surface area contributed by atoms with Gasteiger partial charge in [-0.05, 0) is 18.6 Å². The lowest BCUT2D eigenvalue weighted by atomic mass is 10.1. The summed E-state index contributed by atoms with van der Waals surface area (Å²) in [6.07, 6.45) is 0.839. The molecular formula is C10H15NO2. The lowest BCUT2D eigenvalue weighted by Crippen LogP contribution is -1.99. The topological polar surface area (TPSA) is 44.5 Å². The number of anilines is 1. The average molecular weight is 181 g/mol. The molecular weight excluding hydrogens is 166 g/mol. The van der Waals surface area contributed by atoms with Crippen molar-refractivity contribution in [3.05, 3.63) is 17.7 Å². The third-order valence-corrected chi connectivity index (χ3v) is 2.04. The highest BCUT2D eigenvalue weighted by Crippen LogP contribution is 2.34. The van der Waals surface area contributed by atoms with Gasteiger partial charge in [0.05, 0.1) is 14.2 Å². The summed E-state index contributed by atoms with van der Waals surface area (Å²) in [7, 11) is 3.24. The first-order chi connectivity index (χ1) is 6.24. The van der Waals surface area contributed by atoms with Gasteiger partial charge in [0.15, 0.2) is 11.5 Å². The number of hydrogen-bond acceptors (Lipinski definition) is 3. The monoisotopic (exact) mass is 181 g/mol. The standard InChI is InChI=1S/C10H15NO2/c1-4-7-8(11)5-6-9(12-2)10(7)13-3/h5-6H,4,11H2,1-3H3. The van der Waals surface area contributed by atoms with Gasteiger partial charge in [0.25, 0.3) is 0 Å². The zero-order valence-corrected chi connectivity index (χ0v) is 8.26. The number of hydrogen-bond donors (Lipinski definition) is 1. The Balaban J connectivity index is 3.27. The first-order valence-corrected chi connectivity index (χ1v) is 4.23. The van der Waals surface area contributed by atoms with Crippen LogP contribution in [0, 0.1) is 0 Å². The Morgan fingerprint density at radius 3 is 2.38 bits per heavy atom. The van der Waals surface area contributed by atoms with E-state index >= 15 is 0 Å². The fourth-order valence-electron chi connectivity index (χ4n) is 1.37. The lowest BCUT2D eigenvalue weighted by Gasteiger charge is -2.13. The van der Waals surface area contributed by atoms with Crippen molar-refractivity contribution in [2.45, 2.75) is 13.3 Å². The predicted octanol–water partition coefficient (Wildman–Crippen LogP) is 1.85. The molecule has 0 spiro atoms. The van der Waals surface area contributed by atoms with Crippen LogP contribution < -0.4 is 15.2 Å². The molecule has 1 rings (SSSR count). The zero-order valence-electron chi connectivity index (χ0n) is 8.26. The number of rotatable bonds is 3. The molecule has 0 aliphatic rings. The van der Waals surface area contributed by atoms with Crippen molar-refractivity contribution in [1.29, 1.82) is 0 Å². The minimum absolute atomic E-state index is 0.730. The molecule has 72 valence electrons. The van der Waals surface area contributed by atoms with Gasteiger partial charge in [-0.3, -0.25) is 0 Å².